The van der Waals surface area contributed by atoms with E-state index in [1.54, 1.807) is 31.3 Å². The number of halogens is 1. The first-order valence-electron chi connectivity index (χ1n) is 14.7. The van der Waals surface area contributed by atoms with E-state index in [4.69, 9.17) is 10.5 Å². The lowest BCUT2D eigenvalue weighted by Gasteiger charge is -2.28. The molecule has 1 fully saturated rings. The van der Waals surface area contributed by atoms with Crippen LogP contribution in [0.25, 0.3) is 10.8 Å². The van der Waals surface area contributed by atoms with Gasteiger partial charge in [-0.2, -0.15) is 0 Å². The number of fused-ring (bicyclic) bond motifs is 10. The molecule has 2 amide bonds. The number of likely N-dealkylation sites (N-methyl/N-ethyl adjacent to an activating group) is 1. The minimum Gasteiger partial charge on any atom is -0.449 e. The van der Waals surface area contributed by atoms with Crippen molar-refractivity contribution in [2.45, 2.75) is 55.3 Å². The number of ether oxygens (including phenoxy) is 1. The summed E-state index contributed by atoms with van der Waals surface area (Å²) in [4.78, 5) is 32.5. The first kappa shape index (κ1) is 30.3. The van der Waals surface area contributed by atoms with Crippen molar-refractivity contribution in [1.82, 2.24) is 9.88 Å². The number of nitrogens with two attached hydrogens (primary N) is 1. The Morgan fingerprint density at radius 3 is 2.60 bits per heavy atom. The van der Waals surface area contributed by atoms with Gasteiger partial charge in [0.05, 0.1) is 22.4 Å². The third kappa shape index (κ3) is 6.02. The first-order valence-corrected chi connectivity index (χ1v) is 16.2. The van der Waals surface area contributed by atoms with Gasteiger partial charge in [0.15, 0.2) is 9.84 Å². The standard InChI is InChI=1S/C33H34FN5O5S/c1-18-12-21-4-8-25(18)19(2)17-44-33(41)37-23-5-9-29(45(42,43)24-6-7-24)22(13-23)16-39(3)32(40)30(21)38-28-14-20-10-11-36-31(35)26(20)15-27(28)34/h4-5,8-15,19,24,30,38H,6-7,16-17H2,1-3H3,(H2,35,36)(H,37,41). The number of nitrogen functional groups attached to an aromatic ring is 1. The van der Waals surface area contributed by atoms with Crippen molar-refractivity contribution in [3.8, 4) is 0 Å². The number of nitrogens with zero attached hydrogens (tertiary/aromatic N) is 2. The molecule has 234 valence electrons. The number of anilines is 3. The van der Waals surface area contributed by atoms with Gasteiger partial charge < -0.3 is 20.7 Å². The highest BCUT2D eigenvalue weighted by molar-refractivity contribution is 7.92. The number of hydrogen-bond acceptors (Lipinski definition) is 8. The third-order valence-corrected chi connectivity index (χ3v) is 10.8. The van der Waals surface area contributed by atoms with Gasteiger partial charge in [0.1, 0.15) is 17.7 Å². The summed E-state index contributed by atoms with van der Waals surface area (Å²) in [5.41, 5.74) is 9.11. The maximum Gasteiger partial charge on any atom is 0.411 e. The topological polar surface area (TPSA) is 144 Å². The Morgan fingerprint density at radius 2 is 1.87 bits per heavy atom. The molecule has 0 spiro atoms. The second-order valence-corrected chi connectivity index (χ2v) is 14.0. The maximum absolute atomic E-state index is 15.5. The lowest BCUT2D eigenvalue weighted by atomic mass is 9.93. The van der Waals surface area contributed by atoms with Gasteiger partial charge in [0.25, 0.3) is 0 Å². The normalized spacial score (nSPS) is 19.3. The molecule has 1 aliphatic carbocycles. The van der Waals surface area contributed by atoms with Crippen LogP contribution in [0.1, 0.15) is 54.0 Å². The Bertz CT molecular complexity index is 1950. The minimum absolute atomic E-state index is 0.0840. The fourth-order valence-electron chi connectivity index (χ4n) is 5.82. The monoisotopic (exact) mass is 631 g/mol. The molecule has 1 aromatic heterocycles. The van der Waals surface area contributed by atoms with Crippen molar-refractivity contribution in [2.24, 2.45) is 0 Å². The molecule has 2 unspecified atom stereocenters. The second kappa shape index (κ2) is 11.7. The highest BCUT2D eigenvalue weighted by atomic mass is 32.2. The molecule has 1 saturated carbocycles. The summed E-state index contributed by atoms with van der Waals surface area (Å²) >= 11 is 0. The van der Waals surface area contributed by atoms with E-state index in [1.807, 2.05) is 26.0 Å². The molecule has 12 heteroatoms. The fraction of sp³-hybridized carbons (Fsp3) is 0.303. The summed E-state index contributed by atoms with van der Waals surface area (Å²) in [5.74, 6) is -0.993. The van der Waals surface area contributed by atoms with Crippen LogP contribution in [0.2, 0.25) is 0 Å². The van der Waals surface area contributed by atoms with Gasteiger partial charge >= 0.3 is 6.09 Å². The molecule has 4 bridgehead atoms. The van der Waals surface area contributed by atoms with Crippen LogP contribution in [0.15, 0.2) is 65.7 Å². The quantitative estimate of drug-likeness (QED) is 0.261. The van der Waals surface area contributed by atoms with Gasteiger partial charge in [-0.25, -0.2) is 22.6 Å². The van der Waals surface area contributed by atoms with E-state index >= 15 is 4.39 Å². The lowest BCUT2D eigenvalue weighted by Crippen LogP contribution is -2.35. The molecule has 0 radical (unpaired) electrons. The molecule has 2 aliphatic heterocycles. The molecule has 0 saturated heterocycles. The summed E-state index contributed by atoms with van der Waals surface area (Å²) in [6.45, 7) is 3.83. The summed E-state index contributed by atoms with van der Waals surface area (Å²) < 4.78 is 47.7. The average molecular weight is 632 g/mol. The molecule has 45 heavy (non-hydrogen) atoms. The van der Waals surface area contributed by atoms with Gasteiger partial charge in [0.2, 0.25) is 5.91 Å². The molecule has 3 aliphatic rings. The Labute approximate surface area is 260 Å². The number of carbonyl (C=O) groups is 2. The molecule has 10 nitrogen and oxygen atoms in total. The highest BCUT2D eigenvalue weighted by Crippen LogP contribution is 2.37. The van der Waals surface area contributed by atoms with Crippen molar-refractivity contribution in [1.29, 1.82) is 0 Å². The number of amides is 2. The lowest BCUT2D eigenvalue weighted by molar-refractivity contribution is -0.131. The zero-order chi connectivity index (χ0) is 32.0. The van der Waals surface area contributed by atoms with E-state index in [2.05, 4.69) is 15.6 Å². The molecule has 3 heterocycles. The van der Waals surface area contributed by atoms with Crippen LogP contribution in [-0.4, -0.2) is 49.2 Å². The summed E-state index contributed by atoms with van der Waals surface area (Å²) in [7, 11) is -2.08. The number of aryl methyl sites for hydroxylation is 1. The van der Waals surface area contributed by atoms with E-state index < -0.39 is 38.9 Å². The summed E-state index contributed by atoms with van der Waals surface area (Å²) in [6.07, 6.45) is 2.00. The third-order valence-electron chi connectivity index (χ3n) is 8.41. The Kier molecular flexibility index (Phi) is 7.86. The number of hydrogen-bond donors (Lipinski definition) is 3. The second-order valence-electron chi connectivity index (χ2n) is 11.8. The van der Waals surface area contributed by atoms with E-state index in [0.29, 0.717) is 40.4 Å². The van der Waals surface area contributed by atoms with Crippen LogP contribution in [0.3, 0.4) is 0 Å². The number of sulfone groups is 1. The zero-order valence-electron chi connectivity index (χ0n) is 25.1. The first-order chi connectivity index (χ1) is 21.4. The molecule has 4 N–H and O–H groups in total. The number of rotatable bonds is 4. The average Bonchev–Trinajstić information content (AvgIpc) is 3.85. The van der Waals surface area contributed by atoms with Crippen LogP contribution in [0.4, 0.5) is 26.4 Å². The molecular formula is C33H34FN5O5S. The SMILES string of the molecule is Cc1cc2ccc1C(C)COC(=O)Nc1ccc(S(=O)(=O)C3CC3)c(c1)CN(C)C(=O)C2Nc1cc2ccnc(N)c2cc1F. The van der Waals surface area contributed by atoms with Gasteiger partial charge in [-0.15, -0.1) is 0 Å². The smallest absolute Gasteiger partial charge is 0.411 e. The number of pyridine rings is 1. The minimum atomic E-state index is -3.64. The Balaban J connectivity index is 1.45. The number of nitrogens with one attached hydrogen (secondary N) is 2. The van der Waals surface area contributed by atoms with E-state index in [-0.39, 0.29) is 35.5 Å². The summed E-state index contributed by atoms with van der Waals surface area (Å²) in [6, 6.07) is 13.6. The van der Waals surface area contributed by atoms with Gasteiger partial charge in [-0.1, -0.05) is 25.1 Å². The maximum atomic E-state index is 15.5. The van der Waals surface area contributed by atoms with Crippen molar-refractivity contribution >= 4 is 49.8 Å². The van der Waals surface area contributed by atoms with Crippen LogP contribution < -0.4 is 16.4 Å². The molecular weight excluding hydrogens is 597 g/mol. The number of aromatic nitrogens is 1. The predicted molar refractivity (Wildman–Crippen MR) is 170 cm³/mol. The molecule has 3 aromatic carbocycles. The van der Waals surface area contributed by atoms with E-state index in [9.17, 15) is 18.0 Å². The van der Waals surface area contributed by atoms with Gasteiger partial charge in [-0.05, 0) is 83.8 Å². The molecule has 7 rings (SSSR count). The van der Waals surface area contributed by atoms with Crippen LogP contribution in [0.5, 0.6) is 0 Å². The number of benzene rings is 3. The van der Waals surface area contributed by atoms with E-state index in [0.717, 1.165) is 11.1 Å². The molecule has 4 aromatic rings. The number of carbonyl (C=O) groups excluding carboxylic acids is 2. The molecule has 2 atom stereocenters. The van der Waals surface area contributed by atoms with Crippen molar-refractivity contribution in [2.75, 3.05) is 30.0 Å². The van der Waals surface area contributed by atoms with Gasteiger partial charge in [0, 0.05) is 36.8 Å². The van der Waals surface area contributed by atoms with Gasteiger partial charge in [-0.3, -0.25) is 10.1 Å². The largest absolute Gasteiger partial charge is 0.449 e. The Morgan fingerprint density at radius 1 is 1.09 bits per heavy atom. The fourth-order valence-corrected chi connectivity index (χ4v) is 7.68. The Hall–Kier alpha value is -4.71. The summed E-state index contributed by atoms with van der Waals surface area (Å²) in [5, 5.41) is 6.42. The zero-order valence-corrected chi connectivity index (χ0v) is 25.9. The van der Waals surface area contributed by atoms with Crippen molar-refractivity contribution in [3.63, 3.8) is 0 Å². The predicted octanol–water partition coefficient (Wildman–Crippen LogP) is 5.68. The van der Waals surface area contributed by atoms with Crippen molar-refractivity contribution in [3.05, 3.63) is 88.9 Å². The van der Waals surface area contributed by atoms with Crippen LogP contribution in [-0.2, 0) is 25.9 Å². The van der Waals surface area contributed by atoms with Crippen molar-refractivity contribution < 1.29 is 27.1 Å². The van der Waals surface area contributed by atoms with E-state index in [1.165, 1.54) is 29.3 Å². The van der Waals surface area contributed by atoms with Crippen LogP contribution >= 0.6 is 0 Å². The van der Waals surface area contributed by atoms with Crippen LogP contribution in [0, 0.1) is 12.7 Å². The highest BCUT2D eigenvalue weighted by Gasteiger charge is 2.38.